The van der Waals surface area contributed by atoms with Crippen molar-refractivity contribution in [2.45, 2.75) is 19.8 Å². The van der Waals surface area contributed by atoms with Crippen LogP contribution in [0.15, 0.2) is 36.7 Å². The van der Waals surface area contributed by atoms with Crippen LogP contribution >= 0.6 is 0 Å². The lowest BCUT2D eigenvalue weighted by Crippen LogP contribution is -2.37. The molecule has 2 rings (SSSR count). The number of aliphatic hydroxyl groups excluding tert-OH is 1. The van der Waals surface area contributed by atoms with E-state index in [-0.39, 0.29) is 12.6 Å². The average molecular weight is 316 g/mol. The van der Waals surface area contributed by atoms with Gasteiger partial charge < -0.3 is 19.9 Å². The molecule has 2 amide bonds. The van der Waals surface area contributed by atoms with Crippen LogP contribution in [0.3, 0.4) is 0 Å². The molecule has 23 heavy (non-hydrogen) atoms. The normalized spacial score (nSPS) is 10.6. The fourth-order valence-electron chi connectivity index (χ4n) is 2.37. The van der Waals surface area contributed by atoms with Crippen molar-refractivity contribution in [3.63, 3.8) is 0 Å². The second-order valence-corrected chi connectivity index (χ2v) is 5.44. The minimum Gasteiger partial charge on any atom is -0.395 e. The predicted octanol–water partition coefficient (Wildman–Crippen LogP) is 2.71. The number of aromatic nitrogens is 2. The van der Waals surface area contributed by atoms with E-state index in [0.29, 0.717) is 13.1 Å². The molecule has 0 unspecified atom stereocenters. The first kappa shape index (κ1) is 17.0. The third kappa shape index (κ3) is 4.56. The molecule has 6 heteroatoms. The molecule has 124 valence electrons. The zero-order valence-electron chi connectivity index (χ0n) is 13.7. The van der Waals surface area contributed by atoms with E-state index in [1.807, 2.05) is 42.1 Å². The van der Waals surface area contributed by atoms with E-state index >= 15 is 0 Å². The molecule has 0 aliphatic carbocycles. The lowest BCUT2D eigenvalue weighted by Gasteiger charge is -2.22. The number of urea groups is 1. The van der Waals surface area contributed by atoms with E-state index in [9.17, 15) is 4.79 Å². The number of rotatable bonds is 7. The summed E-state index contributed by atoms with van der Waals surface area (Å²) in [4.78, 5) is 18.3. The van der Waals surface area contributed by atoms with E-state index < -0.39 is 0 Å². The first-order chi connectivity index (χ1) is 11.2. The van der Waals surface area contributed by atoms with Crippen molar-refractivity contribution in [1.82, 2.24) is 14.5 Å². The van der Waals surface area contributed by atoms with Crippen molar-refractivity contribution < 1.29 is 9.90 Å². The number of imidazole rings is 1. The van der Waals surface area contributed by atoms with Gasteiger partial charge in [-0.15, -0.1) is 0 Å². The number of hydrogen-bond acceptors (Lipinski definition) is 3. The number of carbonyl (C=O) groups excluding carboxylic acids is 1. The second-order valence-electron chi connectivity index (χ2n) is 5.44. The Morgan fingerprint density at radius 2 is 2.22 bits per heavy atom. The highest BCUT2D eigenvalue weighted by Gasteiger charge is 2.13. The van der Waals surface area contributed by atoms with Crippen LogP contribution < -0.4 is 5.32 Å². The summed E-state index contributed by atoms with van der Waals surface area (Å²) < 4.78 is 1.93. The monoisotopic (exact) mass is 316 g/mol. The number of amides is 2. The summed E-state index contributed by atoms with van der Waals surface area (Å²) >= 11 is 0. The maximum absolute atomic E-state index is 12.4. The Balaban J connectivity index is 2.10. The van der Waals surface area contributed by atoms with Gasteiger partial charge in [-0.25, -0.2) is 9.78 Å². The van der Waals surface area contributed by atoms with Gasteiger partial charge in [0.1, 0.15) is 5.82 Å². The molecule has 1 heterocycles. The van der Waals surface area contributed by atoms with E-state index in [1.165, 1.54) is 0 Å². The van der Waals surface area contributed by atoms with Gasteiger partial charge in [0.05, 0.1) is 6.61 Å². The molecule has 1 aromatic carbocycles. The predicted molar refractivity (Wildman–Crippen MR) is 91.2 cm³/mol. The number of unbranched alkanes of at least 4 members (excludes halogenated alkanes) is 1. The smallest absolute Gasteiger partial charge is 0.321 e. The molecule has 0 radical (unpaired) electrons. The minimum absolute atomic E-state index is 0.0373. The molecule has 0 fully saturated rings. The van der Waals surface area contributed by atoms with Gasteiger partial charge in [0.15, 0.2) is 0 Å². The van der Waals surface area contributed by atoms with Crippen LogP contribution in [0.25, 0.3) is 11.4 Å². The fourth-order valence-corrected chi connectivity index (χ4v) is 2.37. The van der Waals surface area contributed by atoms with Gasteiger partial charge in [-0.1, -0.05) is 25.5 Å². The lowest BCUT2D eigenvalue weighted by molar-refractivity contribution is 0.187. The molecule has 0 saturated carbocycles. The van der Waals surface area contributed by atoms with Crippen molar-refractivity contribution in [3.8, 4) is 11.4 Å². The van der Waals surface area contributed by atoms with Crippen molar-refractivity contribution in [2.75, 3.05) is 25.0 Å². The molecule has 6 nitrogen and oxygen atoms in total. The van der Waals surface area contributed by atoms with Gasteiger partial charge in [-0.05, 0) is 18.6 Å². The fraction of sp³-hybridized carbons (Fsp3) is 0.412. The summed E-state index contributed by atoms with van der Waals surface area (Å²) in [7, 11) is 1.93. The van der Waals surface area contributed by atoms with Gasteiger partial charge in [-0.2, -0.15) is 0 Å². The van der Waals surface area contributed by atoms with Crippen LogP contribution in [0.1, 0.15) is 19.8 Å². The van der Waals surface area contributed by atoms with Crippen molar-refractivity contribution >= 4 is 11.7 Å². The van der Waals surface area contributed by atoms with Gasteiger partial charge in [0.2, 0.25) is 0 Å². The van der Waals surface area contributed by atoms with Crippen LogP contribution in [-0.4, -0.2) is 45.3 Å². The standard InChI is InChI=1S/C17H24N4O2/c1-3-4-9-21(11-12-22)17(23)19-15-7-5-6-14(13-15)16-18-8-10-20(16)2/h5-8,10,13,22H,3-4,9,11-12H2,1-2H3,(H,19,23). The Morgan fingerprint density at radius 1 is 1.39 bits per heavy atom. The Bertz CT molecular complexity index is 639. The Kier molecular flexibility index (Phi) is 6.17. The number of nitrogens with one attached hydrogen (secondary N) is 1. The quantitative estimate of drug-likeness (QED) is 0.825. The summed E-state index contributed by atoms with van der Waals surface area (Å²) in [5.74, 6) is 0.847. The number of hydrogen-bond donors (Lipinski definition) is 2. The van der Waals surface area contributed by atoms with E-state index in [4.69, 9.17) is 5.11 Å². The highest BCUT2D eigenvalue weighted by Crippen LogP contribution is 2.20. The second kappa shape index (κ2) is 8.33. The Labute approximate surface area is 136 Å². The van der Waals surface area contributed by atoms with Crippen LogP contribution in [-0.2, 0) is 7.05 Å². The number of aliphatic hydroxyl groups is 1. The molecule has 0 atom stereocenters. The average Bonchev–Trinajstić information content (AvgIpc) is 2.97. The number of anilines is 1. The maximum atomic E-state index is 12.4. The molecule has 0 spiro atoms. The number of aryl methyl sites for hydroxylation is 1. The molecular weight excluding hydrogens is 292 g/mol. The first-order valence-corrected chi connectivity index (χ1v) is 7.90. The summed E-state index contributed by atoms with van der Waals surface area (Å²) in [6, 6.07) is 7.41. The highest BCUT2D eigenvalue weighted by molar-refractivity contribution is 5.90. The lowest BCUT2D eigenvalue weighted by atomic mass is 10.2. The molecule has 0 aliphatic heterocycles. The molecule has 2 aromatic rings. The zero-order valence-corrected chi connectivity index (χ0v) is 13.7. The molecule has 0 bridgehead atoms. The largest absolute Gasteiger partial charge is 0.395 e. The van der Waals surface area contributed by atoms with E-state index in [2.05, 4.69) is 17.2 Å². The van der Waals surface area contributed by atoms with E-state index in [0.717, 1.165) is 29.9 Å². The summed E-state index contributed by atoms with van der Waals surface area (Å²) in [5.41, 5.74) is 1.66. The van der Waals surface area contributed by atoms with Crippen LogP contribution in [0.2, 0.25) is 0 Å². The topological polar surface area (TPSA) is 70.4 Å². The van der Waals surface area contributed by atoms with Crippen molar-refractivity contribution in [3.05, 3.63) is 36.7 Å². The molecule has 1 aromatic heterocycles. The summed E-state index contributed by atoms with van der Waals surface area (Å²) in [6.07, 6.45) is 5.55. The van der Waals surface area contributed by atoms with Crippen LogP contribution in [0.4, 0.5) is 10.5 Å². The Morgan fingerprint density at radius 3 is 2.87 bits per heavy atom. The van der Waals surface area contributed by atoms with Crippen LogP contribution in [0, 0.1) is 0 Å². The molecular formula is C17H24N4O2. The molecule has 0 saturated heterocycles. The van der Waals surface area contributed by atoms with Gasteiger partial charge in [-0.3, -0.25) is 0 Å². The third-order valence-corrected chi connectivity index (χ3v) is 3.63. The minimum atomic E-state index is -0.190. The third-order valence-electron chi connectivity index (χ3n) is 3.63. The van der Waals surface area contributed by atoms with Gasteiger partial charge in [0, 0.05) is 43.8 Å². The number of carbonyl (C=O) groups is 1. The van der Waals surface area contributed by atoms with Gasteiger partial charge in [0.25, 0.3) is 0 Å². The summed E-state index contributed by atoms with van der Waals surface area (Å²) in [6.45, 7) is 3.02. The van der Waals surface area contributed by atoms with Crippen LogP contribution in [0.5, 0.6) is 0 Å². The van der Waals surface area contributed by atoms with E-state index in [1.54, 1.807) is 11.1 Å². The number of benzene rings is 1. The van der Waals surface area contributed by atoms with Crippen molar-refractivity contribution in [1.29, 1.82) is 0 Å². The number of nitrogens with zero attached hydrogens (tertiary/aromatic N) is 3. The van der Waals surface area contributed by atoms with Gasteiger partial charge >= 0.3 is 6.03 Å². The maximum Gasteiger partial charge on any atom is 0.321 e. The highest BCUT2D eigenvalue weighted by atomic mass is 16.3. The molecule has 2 N–H and O–H groups in total. The van der Waals surface area contributed by atoms with Crippen molar-refractivity contribution in [2.24, 2.45) is 7.05 Å². The zero-order chi connectivity index (χ0) is 16.7. The molecule has 0 aliphatic rings. The SMILES string of the molecule is CCCCN(CCO)C(=O)Nc1cccc(-c2nccn2C)c1. The summed E-state index contributed by atoms with van der Waals surface area (Å²) in [5, 5.41) is 12.0. The first-order valence-electron chi connectivity index (χ1n) is 7.90. The Hall–Kier alpha value is -2.34.